The molecule has 82 valence electrons. The number of nitro benzene ring substituents is 1. The molecular weight excluding hydrogens is 223 g/mol. The fourth-order valence-electron chi connectivity index (χ4n) is 0.831. The first kappa shape index (κ1) is 11.6. The second-order valence-electron chi connectivity index (χ2n) is 2.66. The van der Waals surface area contributed by atoms with E-state index < -0.39 is 18.8 Å². The number of nitrogens with two attached hydrogens (primary N) is 1. The quantitative estimate of drug-likeness (QED) is 0.455. The van der Waals surface area contributed by atoms with E-state index in [0.29, 0.717) is 0 Å². The summed E-state index contributed by atoms with van der Waals surface area (Å²) in [5, 5.41) is 10.3. The number of non-ortho nitro benzene ring substituents is 1. The van der Waals surface area contributed by atoms with Crippen LogP contribution in [0.1, 0.15) is 0 Å². The minimum Gasteiger partial charge on any atom is -0.424 e. The van der Waals surface area contributed by atoms with Gasteiger partial charge in [0.25, 0.3) is 5.69 Å². The van der Waals surface area contributed by atoms with Gasteiger partial charge in [0.15, 0.2) is 0 Å². The van der Waals surface area contributed by atoms with Crippen LogP contribution in [-0.2, 0) is 4.57 Å². The molecule has 7 nitrogen and oxygen atoms in total. The predicted octanol–water partition coefficient (Wildman–Crippen LogP) is 1.08. The highest BCUT2D eigenvalue weighted by atomic mass is 31.2. The first-order valence-electron chi connectivity index (χ1n) is 3.90. The lowest BCUT2D eigenvalue weighted by atomic mass is 10.3. The number of hydrogen-bond donors (Lipinski definition) is 2. The molecule has 0 spiro atoms. The third-order valence-electron chi connectivity index (χ3n) is 1.53. The lowest BCUT2D eigenvalue weighted by Crippen LogP contribution is -2.05. The number of nitro groups is 1. The maximum absolute atomic E-state index is 11.0. The Morgan fingerprint density at radius 3 is 2.40 bits per heavy atom. The second kappa shape index (κ2) is 4.39. The minimum atomic E-state index is -3.83. The van der Waals surface area contributed by atoms with Crippen molar-refractivity contribution in [1.29, 1.82) is 0 Å². The van der Waals surface area contributed by atoms with Crippen LogP contribution in [0.3, 0.4) is 0 Å². The highest BCUT2D eigenvalue weighted by Crippen LogP contribution is 2.40. The molecule has 0 saturated carbocycles. The molecule has 1 aromatic rings. The molecule has 0 aliphatic rings. The zero-order chi connectivity index (χ0) is 11.5. The Kier molecular flexibility index (Phi) is 3.41. The van der Waals surface area contributed by atoms with E-state index >= 15 is 0 Å². The van der Waals surface area contributed by atoms with Crippen molar-refractivity contribution in [2.45, 2.75) is 0 Å². The predicted molar refractivity (Wildman–Crippen MR) is 52.6 cm³/mol. The number of rotatable bonds is 4. The first-order chi connectivity index (χ1) is 6.94. The minimum absolute atomic E-state index is 0.0666. The van der Waals surface area contributed by atoms with Crippen LogP contribution in [0.15, 0.2) is 24.3 Å². The highest BCUT2D eigenvalue weighted by Gasteiger charge is 2.18. The summed E-state index contributed by atoms with van der Waals surface area (Å²) in [7, 11) is -3.83. The first-order valence-corrected chi connectivity index (χ1v) is 5.67. The fraction of sp³-hybridized carbons (Fsp3) is 0.143. The van der Waals surface area contributed by atoms with Crippen molar-refractivity contribution in [2.24, 2.45) is 5.73 Å². The smallest absolute Gasteiger partial charge is 0.390 e. The molecule has 0 aromatic heterocycles. The van der Waals surface area contributed by atoms with E-state index in [1.807, 2.05) is 0 Å². The monoisotopic (exact) mass is 232 g/mol. The topological polar surface area (TPSA) is 116 Å². The van der Waals surface area contributed by atoms with Crippen molar-refractivity contribution in [3.63, 3.8) is 0 Å². The maximum Gasteiger partial charge on any atom is 0.390 e. The van der Waals surface area contributed by atoms with E-state index in [1.165, 1.54) is 24.3 Å². The molecule has 0 bridgehead atoms. The van der Waals surface area contributed by atoms with Gasteiger partial charge in [0.1, 0.15) is 12.0 Å². The molecule has 1 unspecified atom stereocenters. The summed E-state index contributed by atoms with van der Waals surface area (Å²) in [6, 6.07) is 4.81. The largest absolute Gasteiger partial charge is 0.424 e. The zero-order valence-electron chi connectivity index (χ0n) is 7.57. The normalized spacial score (nSPS) is 14.3. The summed E-state index contributed by atoms with van der Waals surface area (Å²) in [6.45, 7) is 0. The van der Waals surface area contributed by atoms with Gasteiger partial charge in [-0.05, 0) is 12.1 Å². The van der Waals surface area contributed by atoms with Crippen molar-refractivity contribution >= 4 is 13.3 Å². The summed E-state index contributed by atoms with van der Waals surface area (Å²) in [6.07, 6.45) is -0.510. The van der Waals surface area contributed by atoms with Crippen LogP contribution in [0.5, 0.6) is 5.75 Å². The Bertz CT molecular complexity index is 404. The van der Waals surface area contributed by atoms with Gasteiger partial charge in [0.2, 0.25) is 0 Å². The molecule has 8 heteroatoms. The Hall–Kier alpha value is -1.43. The molecule has 1 rings (SSSR count). The van der Waals surface area contributed by atoms with Crippen LogP contribution < -0.4 is 10.3 Å². The van der Waals surface area contributed by atoms with Crippen LogP contribution in [-0.4, -0.2) is 16.1 Å². The van der Waals surface area contributed by atoms with Crippen molar-refractivity contribution < 1.29 is 18.9 Å². The third-order valence-corrected chi connectivity index (χ3v) is 2.48. The van der Waals surface area contributed by atoms with E-state index in [1.54, 1.807) is 0 Å². The third kappa shape index (κ3) is 3.32. The molecule has 3 N–H and O–H groups in total. The number of benzene rings is 1. The van der Waals surface area contributed by atoms with E-state index in [2.05, 4.69) is 4.52 Å². The average molecular weight is 232 g/mol. The molecular formula is C7H9N2O5P. The molecule has 0 heterocycles. The van der Waals surface area contributed by atoms with Gasteiger partial charge in [-0.3, -0.25) is 10.1 Å². The van der Waals surface area contributed by atoms with E-state index in [4.69, 9.17) is 10.6 Å². The van der Waals surface area contributed by atoms with Crippen molar-refractivity contribution in [2.75, 3.05) is 6.29 Å². The second-order valence-corrected chi connectivity index (χ2v) is 4.48. The Balaban J connectivity index is 2.82. The van der Waals surface area contributed by atoms with Gasteiger partial charge in [-0.15, -0.1) is 0 Å². The van der Waals surface area contributed by atoms with Gasteiger partial charge < -0.3 is 15.2 Å². The molecule has 0 aliphatic heterocycles. The van der Waals surface area contributed by atoms with Crippen LogP contribution in [0.2, 0.25) is 0 Å². The summed E-state index contributed by atoms with van der Waals surface area (Å²) in [5.41, 5.74) is 4.86. The molecule has 0 fully saturated rings. The van der Waals surface area contributed by atoms with Gasteiger partial charge in [0, 0.05) is 12.1 Å². The van der Waals surface area contributed by atoms with Crippen LogP contribution in [0, 0.1) is 10.1 Å². The van der Waals surface area contributed by atoms with Gasteiger partial charge >= 0.3 is 7.60 Å². The number of hydrogen-bond acceptors (Lipinski definition) is 5. The zero-order valence-corrected chi connectivity index (χ0v) is 8.46. The van der Waals surface area contributed by atoms with Crippen molar-refractivity contribution in [3.8, 4) is 5.75 Å². The van der Waals surface area contributed by atoms with E-state index in [9.17, 15) is 14.7 Å². The van der Waals surface area contributed by atoms with E-state index in [-0.39, 0.29) is 11.4 Å². The molecule has 0 amide bonds. The molecule has 0 radical (unpaired) electrons. The highest BCUT2D eigenvalue weighted by molar-refractivity contribution is 7.53. The van der Waals surface area contributed by atoms with Crippen molar-refractivity contribution in [1.82, 2.24) is 0 Å². The Morgan fingerprint density at radius 2 is 2.00 bits per heavy atom. The molecule has 1 aromatic carbocycles. The van der Waals surface area contributed by atoms with Crippen molar-refractivity contribution in [3.05, 3.63) is 34.4 Å². The Labute approximate surface area is 85.2 Å². The average Bonchev–Trinajstić information content (AvgIpc) is 2.18. The number of nitrogens with zero attached hydrogens (tertiary/aromatic N) is 1. The molecule has 0 aliphatic carbocycles. The van der Waals surface area contributed by atoms with Crippen LogP contribution in [0.4, 0.5) is 5.69 Å². The summed E-state index contributed by atoms with van der Waals surface area (Å²) >= 11 is 0. The van der Waals surface area contributed by atoms with Gasteiger partial charge in [-0.25, -0.2) is 4.57 Å². The van der Waals surface area contributed by atoms with Gasteiger partial charge in [0.05, 0.1) is 4.92 Å². The standard InChI is InChI=1S/C7H9N2O5P/c8-5-15(12,13)14-7-3-1-6(2-4-7)9(10)11/h1-4H,5,8H2,(H,12,13). The lowest BCUT2D eigenvalue weighted by Gasteiger charge is -2.10. The maximum atomic E-state index is 11.0. The molecule has 0 saturated heterocycles. The van der Waals surface area contributed by atoms with E-state index in [0.717, 1.165) is 0 Å². The lowest BCUT2D eigenvalue weighted by molar-refractivity contribution is -0.384. The molecule has 15 heavy (non-hydrogen) atoms. The SMILES string of the molecule is NCP(=O)(O)Oc1ccc([N+](=O)[O-])cc1. The van der Waals surface area contributed by atoms with Crippen LogP contribution in [0.25, 0.3) is 0 Å². The van der Waals surface area contributed by atoms with Gasteiger partial charge in [-0.1, -0.05) is 0 Å². The Morgan fingerprint density at radius 1 is 1.47 bits per heavy atom. The van der Waals surface area contributed by atoms with Crippen LogP contribution >= 0.6 is 7.60 Å². The summed E-state index contributed by atoms with van der Waals surface area (Å²) in [5.74, 6) is 0.0666. The fourth-order valence-corrected chi connectivity index (χ4v) is 1.36. The summed E-state index contributed by atoms with van der Waals surface area (Å²) < 4.78 is 15.7. The van der Waals surface area contributed by atoms with Gasteiger partial charge in [-0.2, -0.15) is 0 Å². The summed E-state index contributed by atoms with van der Waals surface area (Å²) in [4.78, 5) is 18.7. The molecule has 1 atom stereocenters.